The molecule has 0 atom stereocenters. The van der Waals surface area contributed by atoms with Gasteiger partial charge in [0, 0.05) is 12.1 Å². The summed E-state index contributed by atoms with van der Waals surface area (Å²) in [5, 5.41) is 2.60. The van der Waals surface area contributed by atoms with Crippen molar-refractivity contribution in [2.75, 3.05) is 6.54 Å². The maximum atomic E-state index is 13.2. The molecular weight excluding hydrogens is 287 g/mol. The van der Waals surface area contributed by atoms with Crippen molar-refractivity contribution in [3.8, 4) is 0 Å². The van der Waals surface area contributed by atoms with E-state index in [0.29, 0.717) is 18.5 Å². The molecule has 120 valence electrons. The van der Waals surface area contributed by atoms with Gasteiger partial charge in [-0.2, -0.15) is 0 Å². The minimum Gasteiger partial charge on any atom is -0.444 e. The second kappa shape index (κ2) is 7.59. The molecule has 0 fully saturated rings. The summed E-state index contributed by atoms with van der Waals surface area (Å²) in [6.45, 7) is 5.71. The predicted molar refractivity (Wildman–Crippen MR) is 82.8 cm³/mol. The Hall–Kier alpha value is -2.37. The Balaban J connectivity index is 2.52. The van der Waals surface area contributed by atoms with Crippen molar-refractivity contribution in [2.24, 2.45) is 5.73 Å². The van der Waals surface area contributed by atoms with Gasteiger partial charge in [-0.25, -0.2) is 9.18 Å². The van der Waals surface area contributed by atoms with E-state index < -0.39 is 23.4 Å². The molecule has 0 unspecified atom stereocenters. The summed E-state index contributed by atoms with van der Waals surface area (Å²) in [7, 11) is 0. The summed E-state index contributed by atoms with van der Waals surface area (Å²) < 4.78 is 18.3. The summed E-state index contributed by atoms with van der Waals surface area (Å²) in [6, 6.07) is 3.76. The third kappa shape index (κ3) is 6.39. The number of nitrogens with two attached hydrogens (primary N) is 1. The van der Waals surface area contributed by atoms with Crippen LogP contribution < -0.4 is 11.1 Å². The van der Waals surface area contributed by atoms with Gasteiger partial charge in [0.25, 0.3) is 0 Å². The van der Waals surface area contributed by atoms with Crippen LogP contribution >= 0.6 is 0 Å². The molecule has 0 aliphatic carbocycles. The molecule has 0 aromatic heterocycles. The number of halogens is 1. The zero-order valence-electron chi connectivity index (χ0n) is 13.0. The number of hydrogen-bond acceptors (Lipinski definition) is 3. The largest absolute Gasteiger partial charge is 0.444 e. The van der Waals surface area contributed by atoms with E-state index >= 15 is 0 Å². The highest BCUT2D eigenvalue weighted by atomic mass is 19.1. The first-order valence-corrected chi connectivity index (χ1v) is 6.92. The number of benzene rings is 1. The van der Waals surface area contributed by atoms with Crippen molar-refractivity contribution in [3.05, 3.63) is 41.2 Å². The van der Waals surface area contributed by atoms with E-state index in [4.69, 9.17) is 10.5 Å². The van der Waals surface area contributed by atoms with Gasteiger partial charge in [0.1, 0.15) is 11.4 Å². The zero-order valence-corrected chi connectivity index (χ0v) is 13.0. The van der Waals surface area contributed by atoms with E-state index in [2.05, 4.69) is 5.32 Å². The van der Waals surface area contributed by atoms with Gasteiger partial charge < -0.3 is 15.8 Å². The highest BCUT2D eigenvalue weighted by Crippen LogP contribution is 2.13. The van der Waals surface area contributed by atoms with Crippen molar-refractivity contribution >= 4 is 18.1 Å². The van der Waals surface area contributed by atoms with Gasteiger partial charge in [-0.1, -0.05) is 12.2 Å². The first kappa shape index (κ1) is 17.7. The number of alkyl carbamates (subject to hydrolysis) is 1. The molecule has 3 N–H and O–H groups in total. The van der Waals surface area contributed by atoms with Gasteiger partial charge >= 0.3 is 6.09 Å². The van der Waals surface area contributed by atoms with Crippen molar-refractivity contribution in [2.45, 2.75) is 32.8 Å². The summed E-state index contributed by atoms with van der Waals surface area (Å²) in [5.74, 6) is -1.07. The van der Waals surface area contributed by atoms with Crippen LogP contribution in [0.1, 0.15) is 43.1 Å². The molecule has 22 heavy (non-hydrogen) atoms. The highest BCUT2D eigenvalue weighted by molar-refractivity contribution is 5.96. The minimum atomic E-state index is -0.619. The molecule has 0 bridgehead atoms. The number of carbonyl (C=O) groups is 2. The fourth-order valence-corrected chi connectivity index (χ4v) is 1.68. The second-order valence-corrected chi connectivity index (χ2v) is 5.72. The minimum absolute atomic E-state index is 0.248. The van der Waals surface area contributed by atoms with Gasteiger partial charge in [0.2, 0.25) is 5.91 Å². The van der Waals surface area contributed by atoms with Crippen LogP contribution in [0.15, 0.2) is 24.3 Å². The lowest BCUT2D eigenvalue weighted by atomic mass is 10.1. The Morgan fingerprint density at radius 1 is 1.36 bits per heavy atom. The topological polar surface area (TPSA) is 81.4 Å². The van der Waals surface area contributed by atoms with Crippen LogP contribution in [-0.4, -0.2) is 24.1 Å². The SMILES string of the molecule is CC(C)(C)OC(=O)NCCC=Cc1cc(F)ccc1C(N)=O. The number of primary amides is 1. The van der Waals surface area contributed by atoms with Crippen molar-refractivity contribution in [3.63, 3.8) is 0 Å². The van der Waals surface area contributed by atoms with Gasteiger partial charge in [0.05, 0.1) is 0 Å². The monoisotopic (exact) mass is 308 g/mol. The molecule has 1 aromatic rings. The van der Waals surface area contributed by atoms with Gasteiger partial charge in [0.15, 0.2) is 0 Å². The molecule has 0 aliphatic heterocycles. The molecule has 1 aromatic carbocycles. The Kier molecular flexibility index (Phi) is 6.10. The van der Waals surface area contributed by atoms with E-state index in [1.807, 2.05) is 0 Å². The molecular formula is C16H21FN2O3. The lowest BCUT2D eigenvalue weighted by Gasteiger charge is -2.19. The number of amides is 2. The van der Waals surface area contributed by atoms with E-state index in [9.17, 15) is 14.0 Å². The van der Waals surface area contributed by atoms with Crippen LogP contribution in [0.25, 0.3) is 6.08 Å². The molecule has 0 saturated heterocycles. The molecule has 0 radical (unpaired) electrons. The summed E-state index contributed by atoms with van der Waals surface area (Å²) in [4.78, 5) is 22.6. The molecule has 0 aliphatic rings. The fourth-order valence-electron chi connectivity index (χ4n) is 1.68. The molecule has 0 saturated carbocycles. The standard InChI is InChI=1S/C16H21FN2O3/c1-16(2,3)22-15(21)19-9-5-4-6-11-10-12(17)7-8-13(11)14(18)20/h4,6-8,10H,5,9H2,1-3H3,(H2,18,20)(H,19,21). The smallest absolute Gasteiger partial charge is 0.407 e. The summed E-state index contributed by atoms with van der Waals surface area (Å²) in [5.41, 5.74) is 5.34. The van der Waals surface area contributed by atoms with Gasteiger partial charge in [-0.15, -0.1) is 0 Å². The second-order valence-electron chi connectivity index (χ2n) is 5.72. The molecule has 5 nitrogen and oxygen atoms in total. The molecule has 0 heterocycles. The van der Waals surface area contributed by atoms with E-state index in [1.165, 1.54) is 18.2 Å². The van der Waals surface area contributed by atoms with Gasteiger partial charge in [-0.05, 0) is 51.0 Å². The first-order chi connectivity index (χ1) is 10.2. The normalized spacial score (nSPS) is 11.5. The summed E-state index contributed by atoms with van der Waals surface area (Å²) in [6.07, 6.45) is 3.33. The maximum absolute atomic E-state index is 13.2. The Bertz CT molecular complexity index is 577. The third-order valence-corrected chi connectivity index (χ3v) is 2.56. The van der Waals surface area contributed by atoms with Crippen LogP contribution in [0.3, 0.4) is 0 Å². The predicted octanol–water partition coefficient (Wildman–Crippen LogP) is 2.85. The highest BCUT2D eigenvalue weighted by Gasteiger charge is 2.15. The molecule has 2 amide bonds. The maximum Gasteiger partial charge on any atom is 0.407 e. The average molecular weight is 308 g/mol. The van der Waals surface area contributed by atoms with E-state index in [0.717, 1.165) is 0 Å². The van der Waals surface area contributed by atoms with E-state index in [1.54, 1.807) is 32.9 Å². The quantitative estimate of drug-likeness (QED) is 0.821. The lowest BCUT2D eigenvalue weighted by Crippen LogP contribution is -2.32. The van der Waals surface area contributed by atoms with Crippen LogP contribution in [0.2, 0.25) is 0 Å². The average Bonchev–Trinajstić information content (AvgIpc) is 2.35. The number of nitrogens with one attached hydrogen (secondary N) is 1. The molecule has 6 heteroatoms. The fraction of sp³-hybridized carbons (Fsp3) is 0.375. The number of hydrogen-bond donors (Lipinski definition) is 2. The zero-order chi connectivity index (χ0) is 16.8. The Morgan fingerprint density at radius 3 is 2.64 bits per heavy atom. The summed E-state index contributed by atoms with van der Waals surface area (Å²) >= 11 is 0. The molecule has 1 rings (SSSR count). The number of carbonyl (C=O) groups excluding carboxylic acids is 2. The van der Waals surface area contributed by atoms with Crippen molar-refractivity contribution < 1.29 is 18.7 Å². The van der Waals surface area contributed by atoms with Crippen LogP contribution in [0.4, 0.5) is 9.18 Å². The van der Waals surface area contributed by atoms with Crippen LogP contribution in [-0.2, 0) is 4.74 Å². The number of ether oxygens (including phenoxy) is 1. The van der Waals surface area contributed by atoms with Crippen LogP contribution in [0, 0.1) is 5.82 Å². The number of rotatable bonds is 5. The first-order valence-electron chi connectivity index (χ1n) is 6.92. The lowest BCUT2D eigenvalue weighted by molar-refractivity contribution is 0.0528. The Labute approximate surface area is 129 Å². The van der Waals surface area contributed by atoms with Crippen molar-refractivity contribution in [1.82, 2.24) is 5.32 Å². The van der Waals surface area contributed by atoms with E-state index in [-0.39, 0.29) is 5.56 Å². The third-order valence-electron chi connectivity index (χ3n) is 2.56. The molecule has 0 spiro atoms. The van der Waals surface area contributed by atoms with Crippen LogP contribution in [0.5, 0.6) is 0 Å². The van der Waals surface area contributed by atoms with Gasteiger partial charge in [-0.3, -0.25) is 4.79 Å². The Morgan fingerprint density at radius 2 is 2.05 bits per heavy atom. The van der Waals surface area contributed by atoms with Crippen molar-refractivity contribution in [1.29, 1.82) is 0 Å².